The summed E-state index contributed by atoms with van der Waals surface area (Å²) in [5.74, 6) is 0.289. The highest BCUT2D eigenvalue weighted by molar-refractivity contribution is 5.72. The predicted octanol–water partition coefficient (Wildman–Crippen LogP) is 5.39. The largest absolute Gasteiger partial charge is 0.479 e. The van der Waals surface area contributed by atoms with Crippen LogP contribution in [0, 0.1) is 0 Å². The molecule has 0 aliphatic rings. The Balaban J connectivity index is 2.50. The first-order chi connectivity index (χ1) is 10.6. The predicted molar refractivity (Wildman–Crippen MR) is 90.6 cm³/mol. The van der Waals surface area contributed by atoms with Crippen LogP contribution in [0.15, 0.2) is 24.3 Å². The van der Waals surface area contributed by atoms with Gasteiger partial charge >= 0.3 is 5.97 Å². The van der Waals surface area contributed by atoms with E-state index in [4.69, 9.17) is 4.74 Å². The van der Waals surface area contributed by atoms with Crippen LogP contribution in [0.1, 0.15) is 77.2 Å². The maximum absolute atomic E-state index is 11.3. The molecule has 124 valence electrons. The molecule has 1 aromatic carbocycles. The Morgan fingerprint density at radius 1 is 1.09 bits per heavy atom. The summed E-state index contributed by atoms with van der Waals surface area (Å²) in [4.78, 5) is 11.3. The zero-order valence-electron chi connectivity index (χ0n) is 14.2. The van der Waals surface area contributed by atoms with Gasteiger partial charge in [-0.05, 0) is 42.9 Å². The quantitative estimate of drug-likeness (QED) is 0.557. The van der Waals surface area contributed by atoms with Crippen LogP contribution in [0.25, 0.3) is 0 Å². The number of rotatable bonds is 11. The zero-order chi connectivity index (χ0) is 16.4. The number of carboxylic acid groups (broad SMARTS) is 1. The van der Waals surface area contributed by atoms with Crippen LogP contribution in [-0.4, -0.2) is 17.2 Å². The number of carboxylic acids is 1. The van der Waals surface area contributed by atoms with Gasteiger partial charge in [0.2, 0.25) is 0 Å². The van der Waals surface area contributed by atoms with Gasteiger partial charge in [0.25, 0.3) is 0 Å². The van der Waals surface area contributed by atoms with E-state index in [2.05, 4.69) is 20.8 Å². The Bertz CT molecular complexity index is 425. The SMILES string of the molecule is CCCCCCCC(Oc1ccc(C(C)CC)cc1)C(=O)O. The van der Waals surface area contributed by atoms with Gasteiger partial charge in [-0.3, -0.25) is 0 Å². The van der Waals surface area contributed by atoms with Crippen molar-refractivity contribution in [2.45, 2.75) is 77.7 Å². The number of hydrogen-bond donors (Lipinski definition) is 1. The molecule has 0 bridgehead atoms. The van der Waals surface area contributed by atoms with Crippen molar-refractivity contribution >= 4 is 5.97 Å². The molecule has 3 heteroatoms. The number of hydrogen-bond acceptors (Lipinski definition) is 2. The van der Waals surface area contributed by atoms with E-state index in [9.17, 15) is 9.90 Å². The van der Waals surface area contributed by atoms with Crippen LogP contribution in [0.4, 0.5) is 0 Å². The normalized spacial score (nSPS) is 13.6. The summed E-state index contributed by atoms with van der Waals surface area (Å²) in [6.07, 6.45) is 6.50. The first kappa shape index (κ1) is 18.5. The fourth-order valence-electron chi connectivity index (χ4n) is 2.44. The minimum atomic E-state index is -0.874. The topological polar surface area (TPSA) is 46.5 Å². The second-order valence-corrected chi connectivity index (χ2v) is 6.03. The van der Waals surface area contributed by atoms with E-state index < -0.39 is 12.1 Å². The lowest BCUT2D eigenvalue weighted by Gasteiger charge is -2.16. The summed E-state index contributed by atoms with van der Waals surface area (Å²) in [6.45, 7) is 6.52. The van der Waals surface area contributed by atoms with Crippen molar-refractivity contribution in [2.24, 2.45) is 0 Å². The Kier molecular flexibility index (Phi) is 8.64. The third kappa shape index (κ3) is 6.50. The van der Waals surface area contributed by atoms with Crippen molar-refractivity contribution in [1.29, 1.82) is 0 Å². The number of carbonyl (C=O) groups is 1. The van der Waals surface area contributed by atoms with Crippen molar-refractivity contribution in [1.82, 2.24) is 0 Å². The average Bonchev–Trinajstić information content (AvgIpc) is 2.53. The lowest BCUT2D eigenvalue weighted by atomic mass is 9.99. The molecule has 0 fully saturated rings. The van der Waals surface area contributed by atoms with Gasteiger partial charge in [0.15, 0.2) is 6.10 Å². The first-order valence-corrected chi connectivity index (χ1v) is 8.57. The number of benzene rings is 1. The van der Waals surface area contributed by atoms with Crippen molar-refractivity contribution in [3.05, 3.63) is 29.8 Å². The van der Waals surface area contributed by atoms with Crippen LogP contribution in [0.2, 0.25) is 0 Å². The van der Waals surface area contributed by atoms with Crippen molar-refractivity contribution in [3.63, 3.8) is 0 Å². The molecule has 0 spiro atoms. The summed E-state index contributed by atoms with van der Waals surface area (Å²) in [5.41, 5.74) is 1.27. The van der Waals surface area contributed by atoms with E-state index in [1.807, 2.05) is 24.3 Å². The van der Waals surface area contributed by atoms with Crippen molar-refractivity contribution in [3.8, 4) is 5.75 Å². The molecule has 3 nitrogen and oxygen atoms in total. The Morgan fingerprint density at radius 2 is 1.73 bits per heavy atom. The van der Waals surface area contributed by atoms with Crippen molar-refractivity contribution in [2.75, 3.05) is 0 Å². The van der Waals surface area contributed by atoms with Crippen LogP contribution in [-0.2, 0) is 4.79 Å². The minimum Gasteiger partial charge on any atom is -0.479 e. The van der Waals surface area contributed by atoms with Gasteiger partial charge in [0.05, 0.1) is 0 Å². The zero-order valence-corrected chi connectivity index (χ0v) is 14.2. The van der Waals surface area contributed by atoms with Gasteiger partial charge in [-0.1, -0.05) is 58.6 Å². The molecule has 0 heterocycles. The summed E-state index contributed by atoms with van der Waals surface area (Å²) in [6, 6.07) is 7.83. The summed E-state index contributed by atoms with van der Waals surface area (Å²) >= 11 is 0. The fourth-order valence-corrected chi connectivity index (χ4v) is 2.44. The van der Waals surface area contributed by atoms with Gasteiger partial charge in [-0.2, -0.15) is 0 Å². The highest BCUT2D eigenvalue weighted by Crippen LogP contribution is 2.23. The van der Waals surface area contributed by atoms with Gasteiger partial charge < -0.3 is 9.84 Å². The monoisotopic (exact) mass is 306 g/mol. The van der Waals surface area contributed by atoms with E-state index in [0.717, 1.165) is 19.3 Å². The number of aliphatic carboxylic acids is 1. The Morgan fingerprint density at radius 3 is 2.27 bits per heavy atom. The molecule has 0 aliphatic heterocycles. The number of ether oxygens (including phenoxy) is 1. The van der Waals surface area contributed by atoms with Crippen molar-refractivity contribution < 1.29 is 14.6 Å². The van der Waals surface area contributed by atoms with E-state index >= 15 is 0 Å². The smallest absolute Gasteiger partial charge is 0.344 e. The van der Waals surface area contributed by atoms with Gasteiger partial charge in [-0.15, -0.1) is 0 Å². The summed E-state index contributed by atoms with van der Waals surface area (Å²) in [5, 5.41) is 9.29. The maximum Gasteiger partial charge on any atom is 0.344 e. The van der Waals surface area contributed by atoms with E-state index in [1.54, 1.807) is 0 Å². The highest BCUT2D eigenvalue weighted by Gasteiger charge is 2.18. The molecular weight excluding hydrogens is 276 g/mol. The van der Waals surface area contributed by atoms with Gasteiger partial charge in [0.1, 0.15) is 5.75 Å². The lowest BCUT2D eigenvalue weighted by Crippen LogP contribution is -2.26. The van der Waals surface area contributed by atoms with Gasteiger partial charge in [-0.25, -0.2) is 4.79 Å². The molecule has 2 atom stereocenters. The van der Waals surface area contributed by atoms with Gasteiger partial charge in [0, 0.05) is 0 Å². The van der Waals surface area contributed by atoms with E-state index in [-0.39, 0.29) is 0 Å². The molecule has 0 aromatic heterocycles. The van der Waals surface area contributed by atoms with E-state index in [0.29, 0.717) is 18.1 Å². The number of unbranched alkanes of at least 4 members (excludes halogenated alkanes) is 4. The fraction of sp³-hybridized carbons (Fsp3) is 0.632. The molecule has 1 aromatic rings. The standard InChI is InChI=1S/C19H30O3/c1-4-6-7-8-9-10-18(19(20)21)22-17-13-11-16(12-14-17)15(3)5-2/h11-15,18H,4-10H2,1-3H3,(H,20,21). The molecule has 0 aliphatic carbocycles. The molecule has 0 radical (unpaired) electrons. The third-order valence-corrected chi connectivity index (χ3v) is 4.19. The Hall–Kier alpha value is -1.51. The first-order valence-electron chi connectivity index (χ1n) is 8.57. The van der Waals surface area contributed by atoms with Crippen LogP contribution in [0.5, 0.6) is 5.75 Å². The third-order valence-electron chi connectivity index (χ3n) is 4.19. The van der Waals surface area contributed by atoms with Crippen LogP contribution >= 0.6 is 0 Å². The molecule has 0 amide bonds. The van der Waals surface area contributed by atoms with E-state index in [1.165, 1.54) is 24.8 Å². The molecule has 1 N–H and O–H groups in total. The molecule has 0 saturated heterocycles. The second-order valence-electron chi connectivity index (χ2n) is 6.03. The minimum absolute atomic E-state index is 0.517. The molecule has 22 heavy (non-hydrogen) atoms. The molecule has 0 saturated carbocycles. The molecule has 1 rings (SSSR count). The summed E-state index contributed by atoms with van der Waals surface area (Å²) in [7, 11) is 0. The average molecular weight is 306 g/mol. The summed E-state index contributed by atoms with van der Waals surface area (Å²) < 4.78 is 5.65. The van der Waals surface area contributed by atoms with Crippen LogP contribution in [0.3, 0.4) is 0 Å². The molecule has 2 unspecified atom stereocenters. The molecular formula is C19H30O3. The van der Waals surface area contributed by atoms with Crippen LogP contribution < -0.4 is 4.74 Å². The second kappa shape index (κ2) is 10.3. The maximum atomic E-state index is 11.3. The Labute approximate surface area is 134 Å². The highest BCUT2D eigenvalue weighted by atomic mass is 16.5. The lowest BCUT2D eigenvalue weighted by molar-refractivity contribution is -0.145.